The van der Waals surface area contributed by atoms with E-state index in [0.29, 0.717) is 12.0 Å². The normalized spacial score (nSPS) is 14.4. The standard InChI is InChI=1S/C13H17F2NO/c1-3-4-13(2,16)12(17)7-9-5-10(14)8-11(15)6-9/h5-6,8H,3-4,7,16H2,1-2H3. The van der Waals surface area contributed by atoms with Gasteiger partial charge in [0.05, 0.1) is 5.54 Å². The average molecular weight is 241 g/mol. The van der Waals surface area contributed by atoms with Crippen LogP contribution in [0.4, 0.5) is 8.78 Å². The molecule has 0 amide bonds. The van der Waals surface area contributed by atoms with Gasteiger partial charge in [0.15, 0.2) is 5.78 Å². The maximum atomic E-state index is 12.9. The lowest BCUT2D eigenvalue weighted by atomic mass is 9.88. The van der Waals surface area contributed by atoms with Gasteiger partial charge in [0.25, 0.3) is 0 Å². The minimum Gasteiger partial charge on any atom is -0.319 e. The van der Waals surface area contributed by atoms with E-state index in [4.69, 9.17) is 5.73 Å². The van der Waals surface area contributed by atoms with E-state index in [0.717, 1.165) is 24.6 Å². The van der Waals surface area contributed by atoms with E-state index in [1.165, 1.54) is 0 Å². The van der Waals surface area contributed by atoms with Crippen molar-refractivity contribution in [3.05, 3.63) is 35.4 Å². The van der Waals surface area contributed by atoms with Gasteiger partial charge in [-0.05, 0) is 31.0 Å². The summed E-state index contributed by atoms with van der Waals surface area (Å²) in [7, 11) is 0. The zero-order valence-corrected chi connectivity index (χ0v) is 10.1. The van der Waals surface area contributed by atoms with Crippen LogP contribution in [0.2, 0.25) is 0 Å². The van der Waals surface area contributed by atoms with Crippen LogP contribution in [0.1, 0.15) is 32.3 Å². The molecule has 1 rings (SSSR count). The molecule has 0 aliphatic rings. The van der Waals surface area contributed by atoms with E-state index < -0.39 is 17.2 Å². The predicted octanol–water partition coefficient (Wildman–Crippen LogP) is 2.59. The van der Waals surface area contributed by atoms with Gasteiger partial charge < -0.3 is 5.73 Å². The van der Waals surface area contributed by atoms with Crippen molar-refractivity contribution in [1.29, 1.82) is 0 Å². The second kappa shape index (κ2) is 5.36. The molecule has 2 nitrogen and oxygen atoms in total. The second-order valence-corrected chi connectivity index (χ2v) is 4.55. The number of nitrogens with two attached hydrogens (primary N) is 1. The van der Waals surface area contributed by atoms with Crippen molar-refractivity contribution < 1.29 is 13.6 Å². The fraction of sp³-hybridized carbons (Fsp3) is 0.462. The molecule has 0 spiro atoms. The lowest BCUT2D eigenvalue weighted by Gasteiger charge is -2.22. The summed E-state index contributed by atoms with van der Waals surface area (Å²) >= 11 is 0. The highest BCUT2D eigenvalue weighted by atomic mass is 19.1. The molecular formula is C13H17F2NO. The van der Waals surface area contributed by atoms with Gasteiger partial charge in [0, 0.05) is 12.5 Å². The van der Waals surface area contributed by atoms with Crippen LogP contribution in [0.25, 0.3) is 0 Å². The maximum Gasteiger partial charge on any atom is 0.156 e. The van der Waals surface area contributed by atoms with Crippen LogP contribution in [0.5, 0.6) is 0 Å². The Morgan fingerprint density at radius 2 is 1.82 bits per heavy atom. The molecular weight excluding hydrogens is 224 g/mol. The number of Topliss-reactive ketones (excluding diaryl/α,β-unsaturated/α-hetero) is 1. The molecule has 0 aliphatic carbocycles. The molecule has 0 saturated heterocycles. The number of hydrogen-bond acceptors (Lipinski definition) is 2. The fourth-order valence-electron chi connectivity index (χ4n) is 1.76. The summed E-state index contributed by atoms with van der Waals surface area (Å²) in [4.78, 5) is 11.9. The van der Waals surface area contributed by atoms with Crippen molar-refractivity contribution >= 4 is 5.78 Å². The molecule has 1 atom stereocenters. The first kappa shape index (κ1) is 13.8. The summed E-state index contributed by atoms with van der Waals surface area (Å²) in [6, 6.07) is 3.09. The smallest absolute Gasteiger partial charge is 0.156 e. The number of carbonyl (C=O) groups excluding carboxylic acids is 1. The van der Waals surface area contributed by atoms with Gasteiger partial charge in [-0.1, -0.05) is 13.3 Å². The van der Waals surface area contributed by atoms with Crippen molar-refractivity contribution in [2.75, 3.05) is 0 Å². The van der Waals surface area contributed by atoms with E-state index in [1.807, 2.05) is 6.92 Å². The summed E-state index contributed by atoms with van der Waals surface area (Å²) in [6.45, 7) is 3.58. The van der Waals surface area contributed by atoms with Crippen molar-refractivity contribution in [3.8, 4) is 0 Å². The van der Waals surface area contributed by atoms with E-state index >= 15 is 0 Å². The Morgan fingerprint density at radius 1 is 1.29 bits per heavy atom. The average Bonchev–Trinajstić information content (AvgIpc) is 2.15. The van der Waals surface area contributed by atoms with Crippen LogP contribution >= 0.6 is 0 Å². The Hall–Kier alpha value is -1.29. The Labute approximate surface area is 99.8 Å². The molecule has 17 heavy (non-hydrogen) atoms. The lowest BCUT2D eigenvalue weighted by Crippen LogP contribution is -2.45. The molecule has 4 heteroatoms. The number of hydrogen-bond donors (Lipinski definition) is 1. The first-order chi connectivity index (χ1) is 7.85. The summed E-state index contributed by atoms with van der Waals surface area (Å²) < 4.78 is 25.9. The van der Waals surface area contributed by atoms with Gasteiger partial charge in [-0.3, -0.25) is 4.79 Å². The Balaban J connectivity index is 2.80. The fourth-order valence-corrected chi connectivity index (χ4v) is 1.76. The highest BCUT2D eigenvalue weighted by Crippen LogP contribution is 2.15. The Kier molecular flexibility index (Phi) is 4.34. The molecule has 0 aliphatic heterocycles. The summed E-state index contributed by atoms with van der Waals surface area (Å²) in [5, 5.41) is 0. The summed E-state index contributed by atoms with van der Waals surface area (Å²) in [6.07, 6.45) is 1.31. The molecule has 0 aromatic heterocycles. The molecule has 1 aromatic carbocycles. The molecule has 1 unspecified atom stereocenters. The van der Waals surface area contributed by atoms with Gasteiger partial charge in [-0.15, -0.1) is 0 Å². The second-order valence-electron chi connectivity index (χ2n) is 4.55. The van der Waals surface area contributed by atoms with E-state index in [1.54, 1.807) is 6.92 Å². The SMILES string of the molecule is CCCC(C)(N)C(=O)Cc1cc(F)cc(F)c1. The molecule has 2 N–H and O–H groups in total. The van der Waals surface area contributed by atoms with Gasteiger partial charge in [-0.2, -0.15) is 0 Å². The van der Waals surface area contributed by atoms with E-state index in [9.17, 15) is 13.6 Å². The topological polar surface area (TPSA) is 43.1 Å². The van der Waals surface area contributed by atoms with Crippen molar-refractivity contribution in [2.45, 2.75) is 38.6 Å². The number of benzene rings is 1. The molecule has 0 fully saturated rings. The predicted molar refractivity (Wildman–Crippen MR) is 62.6 cm³/mol. The van der Waals surface area contributed by atoms with Gasteiger partial charge in [-0.25, -0.2) is 8.78 Å². The van der Waals surface area contributed by atoms with Gasteiger partial charge in [0.2, 0.25) is 0 Å². The third kappa shape index (κ3) is 3.89. The van der Waals surface area contributed by atoms with Crippen LogP contribution in [-0.4, -0.2) is 11.3 Å². The zero-order valence-electron chi connectivity index (χ0n) is 10.1. The summed E-state index contributed by atoms with van der Waals surface area (Å²) in [5.41, 5.74) is 5.24. The van der Waals surface area contributed by atoms with Crippen molar-refractivity contribution in [2.24, 2.45) is 5.73 Å². The van der Waals surface area contributed by atoms with Crippen molar-refractivity contribution in [3.63, 3.8) is 0 Å². The van der Waals surface area contributed by atoms with Crippen LogP contribution in [0, 0.1) is 11.6 Å². The van der Waals surface area contributed by atoms with Crippen LogP contribution in [0.15, 0.2) is 18.2 Å². The lowest BCUT2D eigenvalue weighted by molar-refractivity contribution is -0.123. The van der Waals surface area contributed by atoms with Crippen molar-refractivity contribution in [1.82, 2.24) is 0 Å². The van der Waals surface area contributed by atoms with E-state index in [2.05, 4.69) is 0 Å². The summed E-state index contributed by atoms with van der Waals surface area (Å²) in [5.74, 6) is -1.56. The Morgan fingerprint density at radius 3 is 2.29 bits per heavy atom. The minimum absolute atomic E-state index is 0.0400. The molecule has 1 aromatic rings. The number of carbonyl (C=O) groups is 1. The largest absolute Gasteiger partial charge is 0.319 e. The maximum absolute atomic E-state index is 12.9. The number of halogens is 2. The Bertz CT molecular complexity index is 396. The van der Waals surface area contributed by atoms with Crippen LogP contribution < -0.4 is 5.73 Å². The van der Waals surface area contributed by atoms with Crippen LogP contribution in [0.3, 0.4) is 0 Å². The van der Waals surface area contributed by atoms with Gasteiger partial charge in [0.1, 0.15) is 11.6 Å². The molecule has 0 radical (unpaired) electrons. The van der Waals surface area contributed by atoms with E-state index in [-0.39, 0.29) is 12.2 Å². The van der Waals surface area contributed by atoms with Gasteiger partial charge >= 0.3 is 0 Å². The monoisotopic (exact) mass is 241 g/mol. The quantitative estimate of drug-likeness (QED) is 0.861. The third-order valence-corrected chi connectivity index (χ3v) is 2.69. The number of rotatable bonds is 5. The zero-order chi connectivity index (χ0) is 13.1. The highest BCUT2D eigenvalue weighted by molar-refractivity contribution is 5.89. The minimum atomic E-state index is -0.933. The number of ketones is 1. The first-order valence-electron chi connectivity index (χ1n) is 5.62. The first-order valence-corrected chi connectivity index (χ1v) is 5.62. The molecule has 0 saturated carbocycles. The molecule has 94 valence electrons. The third-order valence-electron chi connectivity index (χ3n) is 2.69. The molecule has 0 bridgehead atoms. The highest BCUT2D eigenvalue weighted by Gasteiger charge is 2.26. The van der Waals surface area contributed by atoms with Crippen LogP contribution in [-0.2, 0) is 11.2 Å². The molecule has 0 heterocycles.